The second-order valence-corrected chi connectivity index (χ2v) is 10.3. The second kappa shape index (κ2) is 23.3. The van der Waals surface area contributed by atoms with Crippen molar-refractivity contribution in [1.82, 2.24) is 26.6 Å². The van der Waals surface area contributed by atoms with Crippen LogP contribution >= 0.6 is 0 Å². The Morgan fingerprint density at radius 2 is 1.36 bits per heavy atom. The van der Waals surface area contributed by atoms with Crippen molar-refractivity contribution in [2.75, 3.05) is 45.8 Å². The van der Waals surface area contributed by atoms with Crippen molar-refractivity contribution in [3.8, 4) is 5.75 Å². The minimum absolute atomic E-state index is 0.0137. The van der Waals surface area contributed by atoms with E-state index in [4.69, 9.17) is 17.2 Å². The fourth-order valence-electron chi connectivity index (χ4n) is 4.16. The maximum Gasteiger partial charge on any atom is 0.243 e. The second-order valence-electron chi connectivity index (χ2n) is 10.3. The molecule has 0 aliphatic carbocycles. The first-order chi connectivity index (χ1) is 20.2. The minimum atomic E-state index is -1.07. The van der Waals surface area contributed by atoms with Gasteiger partial charge in [-0.3, -0.25) is 19.2 Å². The summed E-state index contributed by atoms with van der Waals surface area (Å²) < 4.78 is 0. The van der Waals surface area contributed by atoms with Gasteiger partial charge in [0, 0.05) is 18.7 Å². The highest BCUT2D eigenvalue weighted by Crippen LogP contribution is 2.16. The number of aromatic hydroxyl groups is 1. The average molecular weight is 593 g/mol. The van der Waals surface area contributed by atoms with Gasteiger partial charge in [0.1, 0.15) is 11.8 Å². The summed E-state index contributed by atoms with van der Waals surface area (Å²) in [5.74, 6) is -1.76. The largest absolute Gasteiger partial charge is 0.508 e. The topological polar surface area (TPSA) is 227 Å². The third-order valence-electron chi connectivity index (χ3n) is 6.57. The predicted octanol–water partition coefficient (Wildman–Crippen LogP) is -0.887. The molecule has 13 nitrogen and oxygen atoms in total. The first-order valence-corrected chi connectivity index (χ1v) is 15.0. The molecule has 1 rings (SSSR count). The van der Waals surface area contributed by atoms with Crippen molar-refractivity contribution < 1.29 is 24.3 Å². The van der Waals surface area contributed by atoms with Gasteiger partial charge in [0.15, 0.2) is 0 Å². The highest BCUT2D eigenvalue weighted by atomic mass is 16.3. The van der Waals surface area contributed by atoms with Gasteiger partial charge >= 0.3 is 0 Å². The number of amides is 4. The lowest BCUT2D eigenvalue weighted by atomic mass is 10.1. The molecule has 2 atom stereocenters. The van der Waals surface area contributed by atoms with Gasteiger partial charge in [0.25, 0.3) is 0 Å². The summed E-state index contributed by atoms with van der Waals surface area (Å²) >= 11 is 0. The Kier molecular flexibility index (Phi) is 20.4. The molecule has 238 valence electrons. The fourth-order valence-corrected chi connectivity index (χ4v) is 4.16. The molecule has 42 heavy (non-hydrogen) atoms. The van der Waals surface area contributed by atoms with Crippen molar-refractivity contribution in [2.24, 2.45) is 17.2 Å². The summed E-state index contributed by atoms with van der Waals surface area (Å²) in [6.07, 6.45) is 6.45. The summed E-state index contributed by atoms with van der Waals surface area (Å²) in [5.41, 5.74) is 17.0. The zero-order valence-electron chi connectivity index (χ0n) is 24.8. The van der Waals surface area contributed by atoms with E-state index in [2.05, 4.69) is 26.6 Å². The third-order valence-corrected chi connectivity index (χ3v) is 6.57. The first kappa shape index (κ1) is 36.8. The van der Waals surface area contributed by atoms with Crippen LogP contribution in [0.15, 0.2) is 24.3 Å². The molecule has 0 bridgehead atoms. The standard InChI is InChI=1S/C29H52N8O5/c30-13-5-4-11-23(31)28(41)35-19-9-17-34-16-8-15-33-14-6-1-7-18-36-29(42)24(21-26(32)39)37-27(40)20-22-10-2-3-12-25(22)38/h2-3,10,12,23-24,33-34,38H,1,4-9,11,13-21,30-31H2,(H2,32,39)(H,35,41)(H,36,42)(H,37,40). The number of hydrogen-bond acceptors (Lipinski definition) is 9. The lowest BCUT2D eigenvalue weighted by Crippen LogP contribution is -2.49. The molecule has 0 saturated carbocycles. The lowest BCUT2D eigenvalue weighted by Gasteiger charge is -2.17. The van der Waals surface area contributed by atoms with E-state index in [1.54, 1.807) is 18.2 Å². The van der Waals surface area contributed by atoms with Gasteiger partial charge in [-0.05, 0) is 77.3 Å². The molecule has 0 aliphatic rings. The van der Waals surface area contributed by atoms with Gasteiger partial charge in [0.05, 0.1) is 18.9 Å². The maximum absolute atomic E-state index is 12.5. The monoisotopic (exact) mass is 592 g/mol. The zero-order valence-corrected chi connectivity index (χ0v) is 24.8. The van der Waals surface area contributed by atoms with Crippen LogP contribution < -0.4 is 43.8 Å². The molecule has 13 heteroatoms. The number of phenols is 1. The Bertz CT molecular complexity index is 933. The number of phenolic OH excluding ortho intramolecular Hbond substituents is 1. The Hall–Kier alpha value is -3.26. The van der Waals surface area contributed by atoms with Crippen molar-refractivity contribution in [3.63, 3.8) is 0 Å². The molecular weight excluding hydrogens is 540 g/mol. The smallest absolute Gasteiger partial charge is 0.243 e. The van der Waals surface area contributed by atoms with E-state index in [1.807, 2.05) is 0 Å². The number of benzene rings is 1. The van der Waals surface area contributed by atoms with Crippen LogP contribution in [-0.4, -0.2) is 86.6 Å². The third kappa shape index (κ3) is 18.2. The molecule has 0 heterocycles. The van der Waals surface area contributed by atoms with Crippen LogP contribution in [-0.2, 0) is 25.6 Å². The number of unbranched alkanes of at least 4 members (excludes halogenated alkanes) is 3. The molecule has 0 fully saturated rings. The SMILES string of the molecule is NCCCCC(N)C(=O)NCCCNCCCNCCCCCNC(=O)C(CC(N)=O)NC(=O)Cc1ccccc1O. The Balaban J connectivity index is 2.04. The summed E-state index contributed by atoms with van der Waals surface area (Å²) in [5, 5.41) is 24.8. The zero-order chi connectivity index (χ0) is 31.0. The van der Waals surface area contributed by atoms with Gasteiger partial charge in [-0.15, -0.1) is 0 Å². The maximum atomic E-state index is 12.5. The van der Waals surface area contributed by atoms with E-state index < -0.39 is 29.8 Å². The normalized spacial score (nSPS) is 12.3. The van der Waals surface area contributed by atoms with E-state index in [1.165, 1.54) is 6.07 Å². The van der Waals surface area contributed by atoms with Crippen LogP contribution in [0, 0.1) is 0 Å². The minimum Gasteiger partial charge on any atom is -0.508 e. The van der Waals surface area contributed by atoms with Gasteiger partial charge in [-0.2, -0.15) is 0 Å². The van der Waals surface area contributed by atoms with Crippen LogP contribution in [0.4, 0.5) is 0 Å². The number of para-hydroxylation sites is 1. The van der Waals surface area contributed by atoms with Gasteiger partial charge in [-0.25, -0.2) is 0 Å². The fraction of sp³-hybridized carbons (Fsp3) is 0.655. The van der Waals surface area contributed by atoms with Gasteiger partial charge < -0.3 is 48.9 Å². The number of nitrogens with one attached hydrogen (secondary N) is 5. The number of nitrogens with two attached hydrogens (primary N) is 3. The number of primary amides is 1. The molecule has 2 unspecified atom stereocenters. The summed E-state index contributed by atoms with van der Waals surface area (Å²) in [6, 6.07) is 4.90. The summed E-state index contributed by atoms with van der Waals surface area (Å²) in [4.78, 5) is 48.2. The molecule has 0 aromatic heterocycles. The lowest BCUT2D eigenvalue weighted by molar-refractivity contribution is -0.131. The van der Waals surface area contributed by atoms with E-state index in [-0.39, 0.29) is 24.5 Å². The first-order valence-electron chi connectivity index (χ1n) is 15.0. The summed E-state index contributed by atoms with van der Waals surface area (Å²) in [7, 11) is 0. The van der Waals surface area contributed by atoms with E-state index in [0.717, 1.165) is 71.1 Å². The molecule has 1 aromatic rings. The molecule has 1 aromatic carbocycles. The number of carbonyl (C=O) groups excluding carboxylic acids is 4. The van der Waals surface area contributed by atoms with E-state index in [9.17, 15) is 24.3 Å². The van der Waals surface area contributed by atoms with Crippen molar-refractivity contribution in [2.45, 2.75) is 76.3 Å². The molecule has 4 amide bonds. The summed E-state index contributed by atoms with van der Waals surface area (Å²) in [6.45, 7) is 5.14. The quantitative estimate of drug-likeness (QED) is 0.0641. The van der Waals surface area contributed by atoms with Crippen molar-refractivity contribution >= 4 is 23.6 Å². The number of hydrogen-bond donors (Lipinski definition) is 9. The van der Waals surface area contributed by atoms with Crippen LogP contribution in [0.3, 0.4) is 0 Å². The Morgan fingerprint density at radius 1 is 0.762 bits per heavy atom. The number of rotatable bonds is 25. The Labute approximate surface area is 249 Å². The van der Waals surface area contributed by atoms with Crippen molar-refractivity contribution in [3.05, 3.63) is 29.8 Å². The average Bonchev–Trinajstić information content (AvgIpc) is 2.95. The van der Waals surface area contributed by atoms with Crippen LogP contribution in [0.25, 0.3) is 0 Å². The molecule has 0 saturated heterocycles. The van der Waals surface area contributed by atoms with E-state index in [0.29, 0.717) is 31.6 Å². The number of carbonyl (C=O) groups is 4. The highest BCUT2D eigenvalue weighted by Gasteiger charge is 2.23. The molecule has 12 N–H and O–H groups in total. The Morgan fingerprint density at radius 3 is 2.02 bits per heavy atom. The van der Waals surface area contributed by atoms with Gasteiger partial charge in [0.2, 0.25) is 23.6 Å². The van der Waals surface area contributed by atoms with Crippen LogP contribution in [0.1, 0.15) is 63.4 Å². The van der Waals surface area contributed by atoms with Crippen LogP contribution in [0.5, 0.6) is 5.75 Å². The predicted molar refractivity (Wildman–Crippen MR) is 163 cm³/mol. The molecule has 0 aliphatic heterocycles. The van der Waals surface area contributed by atoms with Crippen LogP contribution in [0.2, 0.25) is 0 Å². The van der Waals surface area contributed by atoms with Crippen molar-refractivity contribution in [1.29, 1.82) is 0 Å². The molecule has 0 spiro atoms. The highest BCUT2D eigenvalue weighted by molar-refractivity contribution is 5.92. The molecule has 0 radical (unpaired) electrons. The van der Waals surface area contributed by atoms with Gasteiger partial charge in [-0.1, -0.05) is 31.0 Å². The van der Waals surface area contributed by atoms with E-state index >= 15 is 0 Å². The molecular formula is C29H52N8O5.